The van der Waals surface area contributed by atoms with E-state index in [4.69, 9.17) is 17.0 Å². The van der Waals surface area contributed by atoms with E-state index in [1.807, 2.05) is 77.8 Å². The molecule has 138 valence electrons. The number of methoxy groups -OCH3 is 1. The molecule has 3 aromatic rings. The van der Waals surface area contributed by atoms with E-state index >= 15 is 0 Å². The molecule has 0 aliphatic heterocycles. The number of hydrazine groups is 1. The standard InChI is InChI=1S/C22H23N3OS/c1-26-21-14-12-18(13-15-21)16-17-23-22(27)24-25(19-8-4-2-5-9-19)20-10-6-3-7-11-20/h2-15H,16-17H2,1H3,(H2,23,24,27). The van der Waals surface area contributed by atoms with E-state index in [-0.39, 0.29) is 0 Å². The Morgan fingerprint density at radius 1 is 0.852 bits per heavy atom. The fraction of sp³-hybridized carbons (Fsp3) is 0.136. The molecule has 0 spiro atoms. The zero-order valence-electron chi connectivity index (χ0n) is 15.3. The van der Waals surface area contributed by atoms with E-state index in [9.17, 15) is 0 Å². The number of hydrogen-bond acceptors (Lipinski definition) is 3. The zero-order valence-corrected chi connectivity index (χ0v) is 16.1. The minimum absolute atomic E-state index is 0.580. The molecule has 0 bridgehead atoms. The van der Waals surface area contributed by atoms with Gasteiger partial charge in [0.15, 0.2) is 5.11 Å². The molecule has 0 amide bonds. The van der Waals surface area contributed by atoms with Crippen LogP contribution in [0.25, 0.3) is 0 Å². The SMILES string of the molecule is COc1ccc(CCNC(=S)NN(c2ccccc2)c2ccccc2)cc1. The summed E-state index contributed by atoms with van der Waals surface area (Å²) in [5, 5.41) is 5.83. The van der Waals surface area contributed by atoms with Gasteiger partial charge in [-0.15, -0.1) is 0 Å². The molecule has 2 N–H and O–H groups in total. The Morgan fingerprint density at radius 3 is 1.93 bits per heavy atom. The summed E-state index contributed by atoms with van der Waals surface area (Å²) in [6, 6.07) is 28.3. The summed E-state index contributed by atoms with van der Waals surface area (Å²) >= 11 is 5.50. The molecule has 0 aliphatic rings. The number of benzene rings is 3. The Labute approximate surface area is 165 Å². The Balaban J connectivity index is 1.59. The van der Waals surface area contributed by atoms with Gasteiger partial charge in [-0.3, -0.25) is 10.4 Å². The molecule has 0 fully saturated rings. The Morgan fingerprint density at radius 2 is 1.41 bits per heavy atom. The maximum Gasteiger partial charge on any atom is 0.185 e. The highest BCUT2D eigenvalue weighted by Crippen LogP contribution is 2.22. The molecular weight excluding hydrogens is 354 g/mol. The first-order valence-corrected chi connectivity index (χ1v) is 9.25. The average molecular weight is 378 g/mol. The molecule has 0 unspecified atom stereocenters. The predicted molar refractivity (Wildman–Crippen MR) is 115 cm³/mol. The van der Waals surface area contributed by atoms with Crippen molar-refractivity contribution >= 4 is 28.7 Å². The summed E-state index contributed by atoms with van der Waals surface area (Å²) in [6.07, 6.45) is 0.877. The molecule has 0 aromatic heterocycles. The van der Waals surface area contributed by atoms with E-state index in [0.717, 1.165) is 30.1 Å². The molecule has 0 aliphatic carbocycles. The largest absolute Gasteiger partial charge is 0.497 e. The number of nitrogens with one attached hydrogen (secondary N) is 2. The minimum Gasteiger partial charge on any atom is -0.497 e. The third kappa shape index (κ3) is 5.46. The van der Waals surface area contributed by atoms with E-state index < -0.39 is 0 Å². The number of anilines is 2. The number of para-hydroxylation sites is 2. The quantitative estimate of drug-likeness (QED) is 0.470. The lowest BCUT2D eigenvalue weighted by Crippen LogP contribution is -2.45. The number of rotatable bonds is 7. The van der Waals surface area contributed by atoms with Crippen molar-refractivity contribution in [1.82, 2.24) is 10.7 Å². The number of nitrogens with zero attached hydrogens (tertiary/aromatic N) is 1. The summed E-state index contributed by atoms with van der Waals surface area (Å²) in [5.41, 5.74) is 6.55. The van der Waals surface area contributed by atoms with Gasteiger partial charge in [0.1, 0.15) is 5.75 Å². The first-order chi connectivity index (χ1) is 13.3. The van der Waals surface area contributed by atoms with Crippen molar-refractivity contribution in [2.24, 2.45) is 0 Å². The van der Waals surface area contributed by atoms with Crippen molar-refractivity contribution in [3.8, 4) is 5.75 Å². The van der Waals surface area contributed by atoms with Gasteiger partial charge < -0.3 is 10.1 Å². The number of thiocarbonyl (C=S) groups is 1. The van der Waals surface area contributed by atoms with Gasteiger partial charge in [0.05, 0.1) is 18.5 Å². The van der Waals surface area contributed by atoms with Crippen LogP contribution >= 0.6 is 12.2 Å². The maximum atomic E-state index is 5.50. The highest BCUT2D eigenvalue weighted by atomic mass is 32.1. The molecule has 0 saturated heterocycles. The van der Waals surface area contributed by atoms with Crippen LogP contribution in [-0.2, 0) is 6.42 Å². The first kappa shape index (κ1) is 18.7. The summed E-state index contributed by atoms with van der Waals surface area (Å²) < 4.78 is 5.19. The van der Waals surface area contributed by atoms with Crippen molar-refractivity contribution < 1.29 is 4.74 Å². The second-order valence-electron chi connectivity index (χ2n) is 5.97. The maximum absolute atomic E-state index is 5.50. The van der Waals surface area contributed by atoms with Gasteiger partial charge in [-0.25, -0.2) is 0 Å². The Hall–Kier alpha value is -3.05. The van der Waals surface area contributed by atoms with Crippen LogP contribution < -0.4 is 20.5 Å². The topological polar surface area (TPSA) is 36.5 Å². The fourth-order valence-corrected chi connectivity index (χ4v) is 2.88. The van der Waals surface area contributed by atoms with Crippen molar-refractivity contribution in [2.45, 2.75) is 6.42 Å². The zero-order chi connectivity index (χ0) is 18.9. The van der Waals surface area contributed by atoms with Crippen LogP contribution in [0.15, 0.2) is 84.9 Å². The second-order valence-corrected chi connectivity index (χ2v) is 6.38. The van der Waals surface area contributed by atoms with Gasteiger partial charge in [-0.2, -0.15) is 0 Å². The summed E-state index contributed by atoms with van der Waals surface area (Å²) in [5.74, 6) is 0.866. The molecule has 27 heavy (non-hydrogen) atoms. The van der Waals surface area contributed by atoms with Gasteiger partial charge in [0.25, 0.3) is 0 Å². The van der Waals surface area contributed by atoms with Crippen LogP contribution in [0.4, 0.5) is 11.4 Å². The molecule has 5 heteroatoms. The molecule has 0 radical (unpaired) electrons. The Kier molecular flexibility index (Phi) is 6.66. The van der Waals surface area contributed by atoms with Crippen molar-refractivity contribution in [2.75, 3.05) is 18.7 Å². The number of ether oxygens (including phenoxy) is 1. The lowest BCUT2D eigenvalue weighted by atomic mass is 10.1. The van der Waals surface area contributed by atoms with Gasteiger partial charge in [-0.05, 0) is 60.6 Å². The minimum atomic E-state index is 0.580. The van der Waals surface area contributed by atoms with Crippen LogP contribution in [-0.4, -0.2) is 18.8 Å². The lowest BCUT2D eigenvalue weighted by molar-refractivity contribution is 0.414. The van der Waals surface area contributed by atoms with Crippen molar-refractivity contribution in [3.05, 3.63) is 90.5 Å². The summed E-state index contributed by atoms with van der Waals surface area (Å²) in [6.45, 7) is 0.746. The molecule has 0 atom stereocenters. The highest BCUT2D eigenvalue weighted by Gasteiger charge is 2.10. The average Bonchev–Trinajstić information content (AvgIpc) is 2.74. The van der Waals surface area contributed by atoms with Crippen LogP contribution in [0, 0.1) is 0 Å². The van der Waals surface area contributed by atoms with E-state index in [1.165, 1.54) is 5.56 Å². The Bertz CT molecular complexity index is 799. The smallest absolute Gasteiger partial charge is 0.185 e. The van der Waals surface area contributed by atoms with Crippen LogP contribution in [0.3, 0.4) is 0 Å². The number of hydrogen-bond donors (Lipinski definition) is 2. The monoisotopic (exact) mass is 377 g/mol. The fourth-order valence-electron chi connectivity index (χ4n) is 2.69. The first-order valence-electron chi connectivity index (χ1n) is 8.84. The molecule has 0 saturated carbocycles. The van der Waals surface area contributed by atoms with Crippen LogP contribution in [0.5, 0.6) is 5.75 Å². The van der Waals surface area contributed by atoms with Gasteiger partial charge in [-0.1, -0.05) is 48.5 Å². The van der Waals surface area contributed by atoms with E-state index in [0.29, 0.717) is 5.11 Å². The third-order valence-corrected chi connectivity index (χ3v) is 4.34. The molecular formula is C22H23N3OS. The van der Waals surface area contributed by atoms with Gasteiger partial charge in [0, 0.05) is 6.54 Å². The van der Waals surface area contributed by atoms with Crippen molar-refractivity contribution in [3.63, 3.8) is 0 Å². The molecule has 3 aromatic carbocycles. The van der Waals surface area contributed by atoms with E-state index in [2.05, 4.69) is 22.9 Å². The third-order valence-electron chi connectivity index (χ3n) is 4.10. The second kappa shape index (κ2) is 9.59. The van der Waals surface area contributed by atoms with Gasteiger partial charge >= 0.3 is 0 Å². The predicted octanol–water partition coefficient (Wildman–Crippen LogP) is 4.46. The van der Waals surface area contributed by atoms with Gasteiger partial charge in [0.2, 0.25) is 0 Å². The molecule has 4 nitrogen and oxygen atoms in total. The highest BCUT2D eigenvalue weighted by molar-refractivity contribution is 7.80. The lowest BCUT2D eigenvalue weighted by Gasteiger charge is -2.27. The molecule has 3 rings (SSSR count). The molecule has 0 heterocycles. The normalized spacial score (nSPS) is 10.1. The summed E-state index contributed by atoms with van der Waals surface area (Å²) in [4.78, 5) is 0. The van der Waals surface area contributed by atoms with Crippen LogP contribution in [0.1, 0.15) is 5.56 Å². The van der Waals surface area contributed by atoms with Crippen molar-refractivity contribution in [1.29, 1.82) is 0 Å². The summed E-state index contributed by atoms with van der Waals surface area (Å²) in [7, 11) is 1.67. The van der Waals surface area contributed by atoms with E-state index in [1.54, 1.807) is 7.11 Å². The van der Waals surface area contributed by atoms with Crippen LogP contribution in [0.2, 0.25) is 0 Å².